The molecule has 0 fully saturated rings. The van der Waals surface area contributed by atoms with Crippen molar-refractivity contribution in [1.82, 2.24) is 9.78 Å². The summed E-state index contributed by atoms with van der Waals surface area (Å²) in [6.45, 7) is 0.372. The Balaban J connectivity index is 2.68. The molecule has 18 heavy (non-hydrogen) atoms. The average Bonchev–Trinajstić information content (AvgIpc) is 2.64. The first-order chi connectivity index (χ1) is 8.58. The minimum atomic E-state index is 0.372. The minimum absolute atomic E-state index is 0.372. The van der Waals surface area contributed by atoms with E-state index in [2.05, 4.69) is 21.0 Å². The van der Waals surface area contributed by atoms with Gasteiger partial charge in [0.15, 0.2) is 0 Å². The largest absolute Gasteiger partial charge is 0.496 e. The van der Waals surface area contributed by atoms with Crippen LogP contribution in [0.4, 0.5) is 0 Å². The van der Waals surface area contributed by atoms with Gasteiger partial charge in [0.2, 0.25) is 0 Å². The maximum absolute atomic E-state index is 6.04. The molecule has 0 aliphatic carbocycles. The lowest BCUT2D eigenvalue weighted by atomic mass is 10.1. The van der Waals surface area contributed by atoms with Gasteiger partial charge in [-0.15, -0.1) is 0 Å². The zero-order valence-corrected chi connectivity index (χ0v) is 12.4. The van der Waals surface area contributed by atoms with Gasteiger partial charge in [0.05, 0.1) is 23.0 Å². The molecule has 6 heteroatoms. The molecule has 1 heterocycles. The lowest BCUT2D eigenvalue weighted by Crippen LogP contribution is -1.99. The molecule has 1 aromatic carbocycles. The van der Waals surface area contributed by atoms with Crippen molar-refractivity contribution in [2.24, 2.45) is 12.8 Å². The summed E-state index contributed by atoms with van der Waals surface area (Å²) < 4.78 is 7.99. The zero-order chi connectivity index (χ0) is 13.3. The summed E-state index contributed by atoms with van der Waals surface area (Å²) in [5.74, 6) is 0.742. The van der Waals surface area contributed by atoms with Crippen LogP contribution >= 0.6 is 27.5 Å². The van der Waals surface area contributed by atoms with Crippen LogP contribution in [0, 0.1) is 0 Å². The minimum Gasteiger partial charge on any atom is -0.496 e. The molecule has 0 bridgehead atoms. The van der Waals surface area contributed by atoms with Crippen molar-refractivity contribution >= 4 is 27.5 Å². The van der Waals surface area contributed by atoms with Crippen molar-refractivity contribution in [3.8, 4) is 17.0 Å². The smallest absolute Gasteiger partial charge is 0.128 e. The van der Waals surface area contributed by atoms with Gasteiger partial charge < -0.3 is 10.5 Å². The SMILES string of the molecule is COc1ccc(Cl)cc1-c1c(Br)c(CN)nn1C. The van der Waals surface area contributed by atoms with Gasteiger partial charge in [0.1, 0.15) is 5.75 Å². The second kappa shape index (κ2) is 5.30. The summed E-state index contributed by atoms with van der Waals surface area (Å²) in [5.41, 5.74) is 8.23. The monoisotopic (exact) mass is 329 g/mol. The number of aryl methyl sites for hydroxylation is 1. The number of benzene rings is 1. The van der Waals surface area contributed by atoms with Crippen molar-refractivity contribution in [3.63, 3.8) is 0 Å². The summed E-state index contributed by atoms with van der Waals surface area (Å²) in [6.07, 6.45) is 0. The number of ether oxygens (including phenoxy) is 1. The molecule has 0 amide bonds. The fraction of sp³-hybridized carbons (Fsp3) is 0.250. The Labute approximate surface area is 119 Å². The molecule has 0 unspecified atom stereocenters. The standard InChI is InChI=1S/C12H13BrClN3O/c1-17-12(11(13)9(6-15)16-17)8-5-7(14)3-4-10(8)18-2/h3-5H,6,15H2,1-2H3. The summed E-state index contributed by atoms with van der Waals surface area (Å²) in [4.78, 5) is 0. The summed E-state index contributed by atoms with van der Waals surface area (Å²) in [6, 6.07) is 5.47. The molecule has 96 valence electrons. The summed E-state index contributed by atoms with van der Waals surface area (Å²) in [7, 11) is 3.49. The molecule has 0 saturated carbocycles. The van der Waals surface area contributed by atoms with Crippen molar-refractivity contribution < 1.29 is 4.74 Å². The van der Waals surface area contributed by atoms with E-state index in [-0.39, 0.29) is 0 Å². The predicted molar refractivity (Wildman–Crippen MR) is 75.8 cm³/mol. The van der Waals surface area contributed by atoms with Crippen molar-refractivity contribution in [2.75, 3.05) is 7.11 Å². The molecular formula is C12H13BrClN3O. The highest BCUT2D eigenvalue weighted by molar-refractivity contribution is 9.10. The number of nitrogens with zero attached hydrogens (tertiary/aromatic N) is 2. The van der Waals surface area contributed by atoms with Gasteiger partial charge in [-0.3, -0.25) is 4.68 Å². The highest BCUT2D eigenvalue weighted by Crippen LogP contribution is 2.37. The molecule has 4 nitrogen and oxygen atoms in total. The van der Waals surface area contributed by atoms with Crippen LogP contribution in [0.5, 0.6) is 5.75 Å². The molecule has 1 aromatic heterocycles. The Morgan fingerprint density at radius 1 is 1.50 bits per heavy atom. The number of hydrogen-bond donors (Lipinski definition) is 1. The van der Waals surface area contributed by atoms with Crippen LogP contribution in [-0.2, 0) is 13.6 Å². The first-order valence-electron chi connectivity index (χ1n) is 5.33. The number of methoxy groups -OCH3 is 1. The topological polar surface area (TPSA) is 53.1 Å². The van der Waals surface area contributed by atoms with E-state index in [4.69, 9.17) is 22.1 Å². The fourth-order valence-corrected chi connectivity index (χ4v) is 2.73. The van der Waals surface area contributed by atoms with Crippen LogP contribution in [0.3, 0.4) is 0 Å². The maximum Gasteiger partial charge on any atom is 0.128 e. The highest BCUT2D eigenvalue weighted by atomic mass is 79.9. The lowest BCUT2D eigenvalue weighted by Gasteiger charge is -2.09. The first-order valence-corrected chi connectivity index (χ1v) is 6.51. The second-order valence-corrected chi connectivity index (χ2v) is 5.01. The number of rotatable bonds is 3. The quantitative estimate of drug-likeness (QED) is 0.941. The van der Waals surface area contributed by atoms with Crippen LogP contribution in [-0.4, -0.2) is 16.9 Å². The Hall–Kier alpha value is -1.04. The van der Waals surface area contributed by atoms with E-state index < -0.39 is 0 Å². The third-order valence-corrected chi connectivity index (χ3v) is 3.73. The van der Waals surface area contributed by atoms with E-state index in [1.807, 2.05) is 19.2 Å². The Morgan fingerprint density at radius 3 is 2.78 bits per heavy atom. The number of nitrogens with two attached hydrogens (primary N) is 1. The van der Waals surface area contributed by atoms with Gasteiger partial charge in [-0.25, -0.2) is 0 Å². The van der Waals surface area contributed by atoms with Gasteiger partial charge in [-0.05, 0) is 34.1 Å². The molecule has 2 rings (SSSR count). The van der Waals surface area contributed by atoms with Crippen molar-refractivity contribution in [2.45, 2.75) is 6.54 Å². The van der Waals surface area contributed by atoms with Crippen LogP contribution < -0.4 is 10.5 Å². The number of halogens is 2. The van der Waals surface area contributed by atoms with Crippen molar-refractivity contribution in [1.29, 1.82) is 0 Å². The summed E-state index contributed by atoms with van der Waals surface area (Å²) >= 11 is 9.57. The molecule has 0 saturated heterocycles. The normalized spacial score (nSPS) is 10.7. The van der Waals surface area contributed by atoms with E-state index in [1.54, 1.807) is 17.9 Å². The molecule has 0 radical (unpaired) electrons. The van der Waals surface area contributed by atoms with E-state index in [1.165, 1.54) is 0 Å². The van der Waals surface area contributed by atoms with Crippen molar-refractivity contribution in [3.05, 3.63) is 33.4 Å². The van der Waals surface area contributed by atoms with Gasteiger partial charge in [0.25, 0.3) is 0 Å². The predicted octanol–water partition coefficient (Wildman–Crippen LogP) is 2.97. The summed E-state index contributed by atoms with van der Waals surface area (Å²) in [5, 5.41) is 5.00. The second-order valence-electron chi connectivity index (χ2n) is 3.78. The average molecular weight is 331 g/mol. The van der Waals surface area contributed by atoms with E-state index in [0.717, 1.165) is 27.2 Å². The van der Waals surface area contributed by atoms with E-state index in [0.29, 0.717) is 11.6 Å². The molecule has 0 aliphatic heterocycles. The third kappa shape index (κ3) is 2.25. The lowest BCUT2D eigenvalue weighted by molar-refractivity contribution is 0.416. The highest BCUT2D eigenvalue weighted by Gasteiger charge is 2.18. The van der Waals surface area contributed by atoms with E-state index >= 15 is 0 Å². The maximum atomic E-state index is 6.04. The van der Waals surface area contributed by atoms with Gasteiger partial charge >= 0.3 is 0 Å². The first kappa shape index (κ1) is 13.4. The van der Waals surface area contributed by atoms with Crippen LogP contribution in [0.25, 0.3) is 11.3 Å². The molecular weight excluding hydrogens is 318 g/mol. The van der Waals surface area contributed by atoms with Gasteiger partial charge in [0, 0.05) is 24.2 Å². The van der Waals surface area contributed by atoms with Crippen LogP contribution in [0.2, 0.25) is 5.02 Å². The third-order valence-electron chi connectivity index (χ3n) is 2.67. The zero-order valence-electron chi connectivity index (χ0n) is 10.1. The van der Waals surface area contributed by atoms with Gasteiger partial charge in [-0.2, -0.15) is 5.10 Å². The molecule has 0 spiro atoms. The fourth-order valence-electron chi connectivity index (χ4n) is 1.84. The number of hydrogen-bond acceptors (Lipinski definition) is 3. The van der Waals surface area contributed by atoms with Gasteiger partial charge in [-0.1, -0.05) is 11.6 Å². The molecule has 0 atom stereocenters. The van der Waals surface area contributed by atoms with E-state index in [9.17, 15) is 0 Å². The Bertz CT molecular complexity index is 583. The van der Waals surface area contributed by atoms with Crippen LogP contribution in [0.15, 0.2) is 22.7 Å². The Kier molecular flexibility index (Phi) is 3.94. The van der Waals surface area contributed by atoms with Crippen LogP contribution in [0.1, 0.15) is 5.69 Å². The number of aromatic nitrogens is 2. The molecule has 2 aromatic rings. The Morgan fingerprint density at radius 2 is 2.22 bits per heavy atom. The molecule has 2 N–H and O–H groups in total. The molecule has 0 aliphatic rings.